The largest absolute Gasteiger partial charge is 0.494 e. The van der Waals surface area contributed by atoms with E-state index in [2.05, 4.69) is 56.7 Å². The van der Waals surface area contributed by atoms with Crippen molar-refractivity contribution in [2.24, 2.45) is 0 Å². The number of methoxy groups -OCH3 is 1. The molecule has 0 saturated carbocycles. The van der Waals surface area contributed by atoms with Crippen molar-refractivity contribution in [3.05, 3.63) is 60.3 Å². The Morgan fingerprint density at radius 2 is 1.83 bits per heavy atom. The fourth-order valence-electron chi connectivity index (χ4n) is 3.66. The third-order valence-electron chi connectivity index (χ3n) is 5.46. The first-order chi connectivity index (χ1) is 14.6. The summed E-state index contributed by atoms with van der Waals surface area (Å²) in [4.78, 5) is 9.23. The normalized spacial score (nSPS) is 14.5. The van der Waals surface area contributed by atoms with Crippen LogP contribution in [0.2, 0.25) is 0 Å². The van der Waals surface area contributed by atoms with Gasteiger partial charge in [0.25, 0.3) is 0 Å². The van der Waals surface area contributed by atoms with Crippen LogP contribution in [0.5, 0.6) is 5.75 Å². The topological polar surface area (TPSA) is 52.7 Å². The predicted molar refractivity (Wildman–Crippen MR) is 128 cm³/mol. The van der Waals surface area contributed by atoms with Crippen molar-refractivity contribution in [1.29, 1.82) is 0 Å². The van der Waals surface area contributed by atoms with Gasteiger partial charge in [0, 0.05) is 55.7 Å². The zero-order valence-corrected chi connectivity index (χ0v) is 18.2. The molecular formula is C23H27N5OS. The second-order valence-electron chi connectivity index (χ2n) is 7.48. The minimum Gasteiger partial charge on any atom is -0.494 e. The monoisotopic (exact) mass is 421 g/mol. The Morgan fingerprint density at radius 1 is 1.07 bits per heavy atom. The smallest absolute Gasteiger partial charge is 0.171 e. The van der Waals surface area contributed by atoms with Crippen molar-refractivity contribution >= 4 is 39.6 Å². The predicted octanol–water partition coefficient (Wildman–Crippen LogP) is 3.48. The van der Waals surface area contributed by atoms with Crippen LogP contribution >= 0.6 is 12.2 Å². The number of fused-ring (bicyclic) bond motifs is 1. The van der Waals surface area contributed by atoms with Crippen molar-refractivity contribution in [2.45, 2.75) is 6.54 Å². The van der Waals surface area contributed by atoms with Gasteiger partial charge in [0.2, 0.25) is 0 Å². The number of thiocarbonyl (C=S) groups is 1. The van der Waals surface area contributed by atoms with Gasteiger partial charge in [-0.15, -0.1) is 0 Å². The molecule has 0 atom stereocenters. The van der Waals surface area contributed by atoms with Crippen LogP contribution in [-0.2, 0) is 6.54 Å². The lowest BCUT2D eigenvalue weighted by Crippen LogP contribution is -2.44. The molecule has 156 valence electrons. The number of hydrogen-bond acceptors (Lipinski definition) is 5. The highest BCUT2D eigenvalue weighted by molar-refractivity contribution is 7.80. The van der Waals surface area contributed by atoms with Gasteiger partial charge in [-0.05, 0) is 61.2 Å². The summed E-state index contributed by atoms with van der Waals surface area (Å²) in [6.45, 7) is 5.04. The fourth-order valence-corrected chi connectivity index (χ4v) is 3.84. The van der Waals surface area contributed by atoms with Gasteiger partial charge in [0.1, 0.15) is 11.3 Å². The number of likely N-dealkylation sites (N-methyl/N-ethyl adjacent to an activating group) is 1. The van der Waals surface area contributed by atoms with Crippen LogP contribution in [0.1, 0.15) is 5.56 Å². The average Bonchev–Trinajstić information content (AvgIpc) is 2.79. The number of anilines is 2. The Hall–Kier alpha value is -2.90. The lowest BCUT2D eigenvalue weighted by Gasteiger charge is -2.34. The first kappa shape index (κ1) is 20.4. The van der Waals surface area contributed by atoms with Gasteiger partial charge in [-0.25, -0.2) is 0 Å². The molecule has 1 saturated heterocycles. The molecule has 0 aliphatic carbocycles. The molecule has 30 heavy (non-hydrogen) atoms. The summed E-state index contributed by atoms with van der Waals surface area (Å²) in [7, 11) is 3.83. The Morgan fingerprint density at radius 3 is 2.57 bits per heavy atom. The second-order valence-corrected chi connectivity index (χ2v) is 7.89. The maximum absolute atomic E-state index is 5.51. The number of hydrogen-bond donors (Lipinski definition) is 2. The molecular weight excluding hydrogens is 394 g/mol. The quantitative estimate of drug-likeness (QED) is 0.612. The highest BCUT2D eigenvalue weighted by Crippen LogP contribution is 2.29. The van der Waals surface area contributed by atoms with Gasteiger partial charge in [-0.2, -0.15) is 0 Å². The Balaban J connectivity index is 1.36. The molecule has 1 aliphatic heterocycles. The van der Waals surface area contributed by atoms with Gasteiger partial charge in [0.05, 0.1) is 7.11 Å². The summed E-state index contributed by atoms with van der Waals surface area (Å²) in [6, 6.07) is 16.5. The van der Waals surface area contributed by atoms with Crippen molar-refractivity contribution in [3.63, 3.8) is 0 Å². The fraction of sp³-hybridized carbons (Fsp3) is 0.304. The lowest BCUT2D eigenvalue weighted by atomic mass is 10.1. The van der Waals surface area contributed by atoms with Crippen LogP contribution in [0.4, 0.5) is 11.4 Å². The minimum atomic E-state index is 0.577. The van der Waals surface area contributed by atoms with E-state index in [-0.39, 0.29) is 0 Å². The molecule has 1 fully saturated rings. The van der Waals surface area contributed by atoms with Crippen LogP contribution in [0, 0.1) is 0 Å². The van der Waals surface area contributed by atoms with Crippen molar-refractivity contribution in [3.8, 4) is 5.75 Å². The van der Waals surface area contributed by atoms with Gasteiger partial charge < -0.3 is 25.2 Å². The summed E-state index contributed by atoms with van der Waals surface area (Å²) in [5, 5.41) is 8.13. The van der Waals surface area contributed by atoms with Gasteiger partial charge in [-0.1, -0.05) is 12.1 Å². The highest BCUT2D eigenvalue weighted by atomic mass is 32.1. The molecule has 6 nitrogen and oxygen atoms in total. The summed E-state index contributed by atoms with van der Waals surface area (Å²) in [6.07, 6.45) is 1.76. The van der Waals surface area contributed by atoms with E-state index in [9.17, 15) is 0 Å². The zero-order chi connectivity index (χ0) is 20.9. The zero-order valence-electron chi connectivity index (χ0n) is 17.4. The molecule has 0 radical (unpaired) electrons. The van der Waals surface area contributed by atoms with Gasteiger partial charge in [-0.3, -0.25) is 4.98 Å². The summed E-state index contributed by atoms with van der Waals surface area (Å²) in [5.41, 5.74) is 4.19. The molecule has 2 heterocycles. The number of nitrogens with one attached hydrogen (secondary N) is 2. The Bertz CT molecular complexity index is 1020. The van der Waals surface area contributed by atoms with Crippen LogP contribution in [0.3, 0.4) is 0 Å². The molecule has 3 aromatic rings. The number of piperazine rings is 1. The third-order valence-corrected chi connectivity index (χ3v) is 5.70. The average molecular weight is 422 g/mol. The maximum atomic E-state index is 5.51. The van der Waals surface area contributed by atoms with Gasteiger partial charge >= 0.3 is 0 Å². The first-order valence-corrected chi connectivity index (χ1v) is 10.5. The van der Waals surface area contributed by atoms with Crippen molar-refractivity contribution in [2.75, 3.05) is 50.6 Å². The number of rotatable bonds is 5. The van der Waals surface area contributed by atoms with Gasteiger partial charge in [0.15, 0.2) is 5.11 Å². The Kier molecular flexibility index (Phi) is 6.30. The van der Waals surface area contributed by atoms with Crippen molar-refractivity contribution in [1.82, 2.24) is 15.2 Å². The SMILES string of the molecule is COc1ccc(NC(=S)NCc2ccc(N3CCN(C)CC3)cc2)c2cccnc12. The molecule has 0 bridgehead atoms. The number of benzene rings is 2. The van der Waals surface area contributed by atoms with Crippen LogP contribution < -0.4 is 20.3 Å². The van der Waals surface area contributed by atoms with E-state index in [4.69, 9.17) is 17.0 Å². The van der Waals surface area contributed by atoms with E-state index < -0.39 is 0 Å². The lowest BCUT2D eigenvalue weighted by molar-refractivity contribution is 0.313. The third kappa shape index (κ3) is 4.63. The molecule has 7 heteroatoms. The summed E-state index contributed by atoms with van der Waals surface area (Å²) >= 11 is 5.51. The number of nitrogens with zero attached hydrogens (tertiary/aromatic N) is 3. The second kappa shape index (κ2) is 9.28. The first-order valence-electron chi connectivity index (χ1n) is 10.1. The molecule has 2 N–H and O–H groups in total. The van der Waals surface area contributed by atoms with E-state index in [1.54, 1.807) is 13.3 Å². The van der Waals surface area contributed by atoms with Crippen LogP contribution in [-0.4, -0.2) is 55.3 Å². The van der Waals surface area contributed by atoms with E-state index in [0.717, 1.165) is 48.5 Å². The molecule has 1 aromatic heterocycles. The summed E-state index contributed by atoms with van der Waals surface area (Å²) in [5.74, 6) is 0.746. The molecule has 0 amide bonds. The number of pyridine rings is 1. The number of ether oxygens (including phenoxy) is 1. The Labute approximate surface area is 182 Å². The van der Waals surface area contributed by atoms with E-state index >= 15 is 0 Å². The summed E-state index contributed by atoms with van der Waals surface area (Å²) < 4.78 is 5.41. The number of aromatic nitrogens is 1. The van der Waals surface area contributed by atoms with Crippen LogP contribution in [0.15, 0.2) is 54.7 Å². The molecule has 2 aromatic carbocycles. The molecule has 0 spiro atoms. The molecule has 0 unspecified atom stereocenters. The van der Waals surface area contributed by atoms with E-state index in [1.807, 2.05) is 24.3 Å². The minimum absolute atomic E-state index is 0.577. The van der Waals surface area contributed by atoms with Crippen LogP contribution in [0.25, 0.3) is 10.9 Å². The molecule has 1 aliphatic rings. The van der Waals surface area contributed by atoms with E-state index in [1.165, 1.54) is 11.3 Å². The van der Waals surface area contributed by atoms with Crippen molar-refractivity contribution < 1.29 is 4.74 Å². The van der Waals surface area contributed by atoms with E-state index in [0.29, 0.717) is 11.7 Å². The molecule has 4 rings (SSSR count). The maximum Gasteiger partial charge on any atom is 0.171 e. The highest BCUT2D eigenvalue weighted by Gasteiger charge is 2.14. The standard InChI is InChI=1S/C23H27N5OS/c1-27-12-14-28(15-13-27)18-7-5-17(6-8-18)16-25-23(30)26-20-9-10-21(29-2)22-19(20)4-3-11-24-22/h3-11H,12-16H2,1-2H3,(H2,25,26,30).